The molecule has 0 aliphatic heterocycles. The first kappa shape index (κ1) is 22.2. The Morgan fingerprint density at radius 3 is 2.10 bits per heavy atom. The first-order valence-electron chi connectivity index (χ1n) is 10.9. The third-order valence-electron chi connectivity index (χ3n) is 6.54. The summed E-state index contributed by atoms with van der Waals surface area (Å²) in [4.78, 5) is 11.4. The minimum Gasteiger partial charge on any atom is -0.419 e. The van der Waals surface area contributed by atoms with E-state index in [9.17, 15) is 13.6 Å². The van der Waals surface area contributed by atoms with Gasteiger partial charge in [0.25, 0.3) is 0 Å². The fraction of sp³-hybridized carbons (Fsp3) is 0.462. The van der Waals surface area contributed by atoms with E-state index in [1.54, 1.807) is 6.07 Å². The van der Waals surface area contributed by atoms with Crippen LogP contribution in [0.1, 0.15) is 62.8 Å². The minimum atomic E-state index is -0.778. The van der Waals surface area contributed by atoms with Gasteiger partial charge in [-0.2, -0.15) is 0 Å². The molecule has 2 aliphatic rings. The van der Waals surface area contributed by atoms with Crippen LogP contribution in [0.15, 0.2) is 61.1 Å². The Hall–Kier alpha value is -2.45. The summed E-state index contributed by atoms with van der Waals surface area (Å²) in [6, 6.07) is 4.31. The smallest absolute Gasteiger partial charge is 0.335 e. The molecule has 2 aliphatic carbocycles. The average molecular weight is 413 g/mol. The van der Waals surface area contributed by atoms with Crippen LogP contribution in [0.2, 0.25) is 0 Å². The maximum absolute atomic E-state index is 13.5. The van der Waals surface area contributed by atoms with Gasteiger partial charge in [-0.1, -0.05) is 37.1 Å². The number of benzene rings is 1. The van der Waals surface area contributed by atoms with E-state index in [1.165, 1.54) is 12.1 Å². The standard InChI is InChI=1S/C26H30F2O2/c1-3-25(30-26(29)4-2)21-13-9-19(10-14-21)6-5-18-7-11-20(12-8-18)22-15-16-23(27)24(28)17-22/h4-6,15-21H,1-2,7-14H2. The molecule has 0 radical (unpaired) electrons. The molecule has 160 valence electrons. The molecule has 0 spiro atoms. The molecule has 4 heteroatoms. The van der Waals surface area contributed by atoms with Crippen LogP contribution >= 0.6 is 0 Å². The highest BCUT2D eigenvalue weighted by atomic mass is 19.2. The highest BCUT2D eigenvalue weighted by Crippen LogP contribution is 2.38. The second-order valence-electron chi connectivity index (χ2n) is 8.45. The zero-order chi connectivity index (χ0) is 21.5. The third kappa shape index (κ3) is 5.79. The predicted octanol–water partition coefficient (Wildman–Crippen LogP) is 7.00. The van der Waals surface area contributed by atoms with Crippen molar-refractivity contribution in [3.8, 4) is 0 Å². The number of ether oxygens (including phenoxy) is 1. The van der Waals surface area contributed by atoms with Gasteiger partial charge in [0.15, 0.2) is 17.4 Å². The van der Waals surface area contributed by atoms with Crippen molar-refractivity contribution in [1.82, 2.24) is 0 Å². The molecular formula is C26H30F2O2. The predicted molar refractivity (Wildman–Crippen MR) is 115 cm³/mol. The molecule has 1 aromatic rings. The molecule has 1 aromatic carbocycles. The van der Waals surface area contributed by atoms with E-state index < -0.39 is 17.6 Å². The average Bonchev–Trinajstić information content (AvgIpc) is 2.78. The van der Waals surface area contributed by atoms with E-state index in [2.05, 4.69) is 31.0 Å². The maximum Gasteiger partial charge on any atom is 0.335 e. The van der Waals surface area contributed by atoms with Crippen LogP contribution in [0.5, 0.6) is 0 Å². The fourth-order valence-corrected chi connectivity index (χ4v) is 4.71. The van der Waals surface area contributed by atoms with Crippen molar-refractivity contribution in [2.45, 2.75) is 57.3 Å². The van der Waals surface area contributed by atoms with Gasteiger partial charge >= 0.3 is 5.97 Å². The zero-order valence-corrected chi connectivity index (χ0v) is 17.4. The molecule has 0 bridgehead atoms. The van der Waals surface area contributed by atoms with Gasteiger partial charge in [0, 0.05) is 12.0 Å². The second-order valence-corrected chi connectivity index (χ2v) is 8.45. The summed E-state index contributed by atoms with van der Waals surface area (Å²) in [6.07, 6.45) is 14.1. The molecule has 0 atom stereocenters. The lowest BCUT2D eigenvalue weighted by Gasteiger charge is -2.29. The van der Waals surface area contributed by atoms with Crippen LogP contribution in [0.3, 0.4) is 0 Å². The monoisotopic (exact) mass is 412 g/mol. The number of carbonyl (C=O) groups excluding carboxylic acids is 1. The van der Waals surface area contributed by atoms with E-state index >= 15 is 0 Å². The fourth-order valence-electron chi connectivity index (χ4n) is 4.71. The van der Waals surface area contributed by atoms with Gasteiger partial charge in [-0.25, -0.2) is 13.6 Å². The summed E-state index contributed by atoms with van der Waals surface area (Å²) in [5.41, 5.74) is 3.69. The van der Waals surface area contributed by atoms with Crippen molar-refractivity contribution >= 4 is 5.97 Å². The molecule has 0 aromatic heterocycles. The summed E-state index contributed by atoms with van der Waals surface area (Å²) in [7, 11) is 0. The molecule has 0 N–H and O–H groups in total. The first-order valence-corrected chi connectivity index (χ1v) is 10.9. The maximum atomic E-state index is 13.5. The van der Waals surface area contributed by atoms with Gasteiger partial charge in [0.2, 0.25) is 0 Å². The number of esters is 1. The molecule has 0 amide bonds. The molecule has 0 heterocycles. The van der Waals surface area contributed by atoms with Crippen molar-refractivity contribution < 1.29 is 18.3 Å². The van der Waals surface area contributed by atoms with Crippen LogP contribution in [0.25, 0.3) is 0 Å². The molecule has 30 heavy (non-hydrogen) atoms. The zero-order valence-electron chi connectivity index (χ0n) is 17.4. The number of hydrogen-bond donors (Lipinski definition) is 0. The molecule has 3 rings (SSSR count). The lowest BCUT2D eigenvalue weighted by atomic mass is 9.77. The van der Waals surface area contributed by atoms with E-state index in [-0.39, 0.29) is 5.92 Å². The van der Waals surface area contributed by atoms with Crippen LogP contribution < -0.4 is 0 Å². The molecule has 2 nitrogen and oxygen atoms in total. The molecule has 0 unspecified atom stereocenters. The third-order valence-corrected chi connectivity index (χ3v) is 6.54. The van der Waals surface area contributed by atoms with Crippen molar-refractivity contribution in [3.05, 3.63) is 78.3 Å². The Morgan fingerprint density at radius 2 is 1.57 bits per heavy atom. The van der Waals surface area contributed by atoms with Crippen LogP contribution in [-0.2, 0) is 9.53 Å². The van der Waals surface area contributed by atoms with Crippen LogP contribution in [0.4, 0.5) is 8.78 Å². The highest BCUT2D eigenvalue weighted by Gasteiger charge is 2.26. The van der Waals surface area contributed by atoms with Gasteiger partial charge in [-0.05, 0) is 86.8 Å². The Balaban J connectivity index is 1.44. The van der Waals surface area contributed by atoms with Crippen LogP contribution in [0, 0.1) is 29.4 Å². The number of carbonyl (C=O) groups is 1. The Morgan fingerprint density at radius 1 is 0.967 bits per heavy atom. The van der Waals surface area contributed by atoms with Crippen molar-refractivity contribution in [3.63, 3.8) is 0 Å². The lowest BCUT2D eigenvalue weighted by molar-refractivity contribution is -0.134. The normalized spacial score (nSPS) is 26.7. The van der Waals surface area contributed by atoms with E-state index in [4.69, 9.17) is 4.74 Å². The van der Waals surface area contributed by atoms with Gasteiger partial charge in [0.1, 0.15) is 0 Å². The molecule has 2 fully saturated rings. The SMILES string of the molecule is C=C=C(OC(=O)C=C)C1CCC(C=CC2CCC(c3ccc(F)c(F)c3)CC2)CC1. The van der Waals surface area contributed by atoms with Crippen LogP contribution in [-0.4, -0.2) is 5.97 Å². The summed E-state index contributed by atoms with van der Waals surface area (Å²) in [5.74, 6) is 0.177. The molecule has 2 saturated carbocycles. The van der Waals surface area contributed by atoms with Gasteiger partial charge < -0.3 is 4.74 Å². The quantitative estimate of drug-likeness (QED) is 0.165. The topological polar surface area (TPSA) is 26.3 Å². The summed E-state index contributed by atoms with van der Waals surface area (Å²) in [6.45, 7) is 7.08. The van der Waals surface area contributed by atoms with Gasteiger partial charge in [-0.3, -0.25) is 0 Å². The summed E-state index contributed by atoms with van der Waals surface area (Å²) in [5, 5.41) is 0. The number of rotatable bonds is 6. The first-order chi connectivity index (χ1) is 14.5. The lowest BCUT2D eigenvalue weighted by Crippen LogP contribution is -2.18. The summed E-state index contributed by atoms with van der Waals surface area (Å²) >= 11 is 0. The molecular weight excluding hydrogens is 382 g/mol. The highest BCUT2D eigenvalue weighted by molar-refractivity contribution is 5.82. The van der Waals surface area contributed by atoms with Crippen molar-refractivity contribution in [2.75, 3.05) is 0 Å². The van der Waals surface area contributed by atoms with E-state index in [1.807, 2.05) is 0 Å². The Bertz CT molecular complexity index is 835. The van der Waals surface area contributed by atoms with Gasteiger partial charge in [-0.15, -0.1) is 0 Å². The van der Waals surface area contributed by atoms with Crippen molar-refractivity contribution in [1.29, 1.82) is 0 Å². The Kier molecular flexibility index (Phi) is 7.81. The number of allylic oxidation sites excluding steroid dienone is 3. The number of hydrogen-bond acceptors (Lipinski definition) is 2. The Labute approximate surface area is 178 Å². The number of halogens is 2. The second kappa shape index (κ2) is 10.5. The minimum absolute atomic E-state index is 0.197. The van der Waals surface area contributed by atoms with Crippen molar-refractivity contribution in [2.24, 2.45) is 17.8 Å². The van der Waals surface area contributed by atoms with E-state index in [0.29, 0.717) is 23.5 Å². The van der Waals surface area contributed by atoms with Gasteiger partial charge in [0.05, 0.1) is 0 Å². The van der Waals surface area contributed by atoms with E-state index in [0.717, 1.165) is 63.0 Å². The molecule has 0 saturated heterocycles. The summed E-state index contributed by atoms with van der Waals surface area (Å²) < 4.78 is 31.9. The largest absolute Gasteiger partial charge is 0.419 e.